The summed E-state index contributed by atoms with van der Waals surface area (Å²) in [5.74, 6) is 0.689. The number of nitro groups is 1. The lowest BCUT2D eigenvalue weighted by Gasteiger charge is -2.13. The average molecular weight is 345 g/mol. The molecule has 0 spiro atoms. The van der Waals surface area contributed by atoms with Crippen molar-refractivity contribution in [2.24, 2.45) is 0 Å². The van der Waals surface area contributed by atoms with Crippen LogP contribution < -0.4 is 14.8 Å². The van der Waals surface area contributed by atoms with Crippen LogP contribution in [0.25, 0.3) is 0 Å². The Balaban J connectivity index is 2.50. The van der Waals surface area contributed by atoms with Gasteiger partial charge in [-0.3, -0.25) is 10.1 Å². The number of nitrogens with one attached hydrogen (secondary N) is 1. The number of rotatable bonds is 5. The number of anilines is 2. The molecular formula is C12H10Cl2N4O4. The number of hydrogen-bond donors (Lipinski definition) is 1. The lowest BCUT2D eigenvalue weighted by Crippen LogP contribution is -2.03. The Labute approximate surface area is 135 Å². The van der Waals surface area contributed by atoms with E-state index in [-0.39, 0.29) is 11.0 Å². The maximum absolute atomic E-state index is 11.1. The van der Waals surface area contributed by atoms with E-state index < -0.39 is 10.6 Å². The topological polar surface area (TPSA) is 99.4 Å². The number of aromatic nitrogens is 2. The summed E-state index contributed by atoms with van der Waals surface area (Å²) >= 11 is 11.8. The molecule has 0 saturated heterocycles. The van der Waals surface area contributed by atoms with Crippen LogP contribution in [0, 0.1) is 10.1 Å². The Kier molecular flexibility index (Phi) is 4.84. The summed E-state index contributed by atoms with van der Waals surface area (Å²) in [6.45, 7) is 0. The van der Waals surface area contributed by atoms with Crippen molar-refractivity contribution in [1.29, 1.82) is 0 Å². The summed E-state index contributed by atoms with van der Waals surface area (Å²) in [7, 11) is 2.90. The van der Waals surface area contributed by atoms with Gasteiger partial charge >= 0.3 is 5.69 Å². The molecule has 2 rings (SSSR count). The lowest BCUT2D eigenvalue weighted by molar-refractivity contribution is -0.384. The molecule has 0 bridgehead atoms. The van der Waals surface area contributed by atoms with E-state index in [9.17, 15) is 10.1 Å². The van der Waals surface area contributed by atoms with Gasteiger partial charge in [0.15, 0.2) is 0 Å². The highest BCUT2D eigenvalue weighted by Gasteiger charge is 2.23. The van der Waals surface area contributed by atoms with Gasteiger partial charge in [-0.05, 0) is 6.07 Å². The van der Waals surface area contributed by atoms with E-state index in [1.807, 2.05) is 0 Å². The summed E-state index contributed by atoms with van der Waals surface area (Å²) in [5, 5.41) is 13.9. The van der Waals surface area contributed by atoms with Crippen molar-refractivity contribution in [3.63, 3.8) is 0 Å². The minimum Gasteiger partial charge on any atom is -0.495 e. The van der Waals surface area contributed by atoms with Crippen LogP contribution in [0.2, 0.25) is 10.2 Å². The van der Waals surface area contributed by atoms with E-state index >= 15 is 0 Å². The molecule has 0 saturated carbocycles. The first-order valence-electron chi connectivity index (χ1n) is 5.81. The fraction of sp³-hybridized carbons (Fsp3) is 0.167. The zero-order chi connectivity index (χ0) is 16.3. The van der Waals surface area contributed by atoms with E-state index in [4.69, 9.17) is 32.7 Å². The monoisotopic (exact) mass is 344 g/mol. The van der Waals surface area contributed by atoms with Crippen LogP contribution in [0.15, 0.2) is 18.5 Å². The third-order valence-corrected chi connectivity index (χ3v) is 3.26. The summed E-state index contributed by atoms with van der Waals surface area (Å²) in [6.07, 6.45) is 1.11. The average Bonchev–Trinajstić information content (AvgIpc) is 2.47. The van der Waals surface area contributed by atoms with Crippen molar-refractivity contribution in [2.75, 3.05) is 19.5 Å². The van der Waals surface area contributed by atoms with Crippen molar-refractivity contribution in [2.45, 2.75) is 0 Å². The summed E-state index contributed by atoms with van der Waals surface area (Å²) < 4.78 is 10.3. The molecule has 1 heterocycles. The number of halogens is 2. The maximum atomic E-state index is 11.1. The fourth-order valence-corrected chi connectivity index (χ4v) is 2.14. The summed E-state index contributed by atoms with van der Waals surface area (Å²) in [5.41, 5.74) is -0.0793. The highest BCUT2D eigenvalue weighted by molar-refractivity contribution is 6.32. The normalized spacial score (nSPS) is 10.2. The van der Waals surface area contributed by atoms with Gasteiger partial charge < -0.3 is 14.8 Å². The second-order valence-corrected chi connectivity index (χ2v) is 4.70. The Morgan fingerprint density at radius 1 is 1.18 bits per heavy atom. The molecule has 22 heavy (non-hydrogen) atoms. The lowest BCUT2D eigenvalue weighted by atomic mass is 10.2. The van der Waals surface area contributed by atoms with Gasteiger partial charge in [0.2, 0.25) is 11.0 Å². The Morgan fingerprint density at radius 3 is 2.45 bits per heavy atom. The second kappa shape index (κ2) is 6.63. The third kappa shape index (κ3) is 3.12. The summed E-state index contributed by atoms with van der Waals surface area (Å²) in [4.78, 5) is 17.8. The molecule has 0 aliphatic carbocycles. The van der Waals surface area contributed by atoms with Gasteiger partial charge in [0.1, 0.15) is 17.8 Å². The number of ether oxygens (including phenoxy) is 2. The van der Waals surface area contributed by atoms with Gasteiger partial charge in [-0.25, -0.2) is 9.97 Å². The molecule has 1 N–H and O–H groups in total. The largest absolute Gasteiger partial charge is 0.495 e. The Bertz CT molecular complexity index is 727. The van der Waals surface area contributed by atoms with Gasteiger partial charge in [0.25, 0.3) is 0 Å². The van der Waals surface area contributed by atoms with Crippen molar-refractivity contribution in [3.8, 4) is 11.5 Å². The van der Waals surface area contributed by atoms with Crippen molar-refractivity contribution in [1.82, 2.24) is 9.97 Å². The summed E-state index contributed by atoms with van der Waals surface area (Å²) in [6, 6.07) is 3.04. The number of hydrogen-bond acceptors (Lipinski definition) is 7. The quantitative estimate of drug-likeness (QED) is 0.503. The highest BCUT2D eigenvalue weighted by Crippen LogP contribution is 2.39. The van der Waals surface area contributed by atoms with Gasteiger partial charge in [-0.2, -0.15) is 0 Å². The molecule has 2 aromatic rings. The second-order valence-electron chi connectivity index (χ2n) is 3.93. The molecule has 10 heteroatoms. The van der Waals surface area contributed by atoms with E-state index in [2.05, 4.69) is 15.3 Å². The zero-order valence-electron chi connectivity index (χ0n) is 11.5. The van der Waals surface area contributed by atoms with Crippen LogP contribution in [0.1, 0.15) is 0 Å². The molecule has 8 nitrogen and oxygen atoms in total. The molecule has 0 atom stereocenters. The first-order valence-corrected chi connectivity index (χ1v) is 6.57. The molecule has 0 amide bonds. The highest BCUT2D eigenvalue weighted by atomic mass is 35.5. The van der Waals surface area contributed by atoms with Gasteiger partial charge in [0.05, 0.1) is 29.9 Å². The van der Waals surface area contributed by atoms with Gasteiger partial charge in [-0.15, -0.1) is 0 Å². The van der Waals surface area contributed by atoms with Crippen molar-refractivity contribution < 1.29 is 14.4 Å². The molecule has 1 aromatic heterocycles. The maximum Gasteiger partial charge on any atom is 0.348 e. The fourth-order valence-electron chi connectivity index (χ4n) is 1.70. The third-order valence-electron chi connectivity index (χ3n) is 2.69. The Hall–Kier alpha value is -2.32. The molecular weight excluding hydrogens is 335 g/mol. The van der Waals surface area contributed by atoms with Crippen LogP contribution >= 0.6 is 23.2 Å². The van der Waals surface area contributed by atoms with Crippen LogP contribution in [0.3, 0.4) is 0 Å². The molecule has 0 fully saturated rings. The molecule has 1 aromatic carbocycles. The standard InChI is InChI=1S/C12H10Cl2N4O4/c1-21-8-4-9(22-2)7(3-6(8)13)17-12-10(18(19)20)11(14)15-5-16-12/h3-5H,1-2H3,(H,15,16,17). The number of benzene rings is 1. The van der Waals surface area contributed by atoms with Crippen LogP contribution in [-0.4, -0.2) is 29.1 Å². The molecule has 116 valence electrons. The van der Waals surface area contributed by atoms with Crippen LogP contribution in [0.4, 0.5) is 17.2 Å². The zero-order valence-corrected chi connectivity index (χ0v) is 13.0. The predicted molar refractivity (Wildman–Crippen MR) is 81.5 cm³/mol. The minimum absolute atomic E-state index is 0.0791. The molecule has 0 unspecified atom stereocenters. The van der Waals surface area contributed by atoms with E-state index in [1.165, 1.54) is 20.3 Å². The van der Waals surface area contributed by atoms with E-state index in [0.29, 0.717) is 22.2 Å². The predicted octanol–water partition coefficient (Wildman–Crippen LogP) is 3.45. The number of methoxy groups -OCH3 is 2. The van der Waals surface area contributed by atoms with Crippen molar-refractivity contribution >= 4 is 40.4 Å². The smallest absolute Gasteiger partial charge is 0.348 e. The first kappa shape index (κ1) is 16.1. The minimum atomic E-state index is -0.678. The molecule has 0 aliphatic heterocycles. The Morgan fingerprint density at radius 2 is 1.86 bits per heavy atom. The van der Waals surface area contributed by atoms with Gasteiger partial charge in [-0.1, -0.05) is 23.2 Å². The van der Waals surface area contributed by atoms with E-state index in [1.54, 1.807) is 6.07 Å². The first-order chi connectivity index (χ1) is 10.5. The van der Waals surface area contributed by atoms with E-state index in [0.717, 1.165) is 6.33 Å². The molecule has 0 aliphatic rings. The van der Waals surface area contributed by atoms with Gasteiger partial charge in [0, 0.05) is 6.07 Å². The number of nitrogens with zero attached hydrogens (tertiary/aromatic N) is 3. The SMILES string of the molecule is COc1cc(OC)c(Nc2ncnc(Cl)c2[N+](=O)[O-])cc1Cl. The van der Waals surface area contributed by atoms with Crippen LogP contribution in [0.5, 0.6) is 11.5 Å². The molecule has 0 radical (unpaired) electrons. The van der Waals surface area contributed by atoms with Crippen LogP contribution in [-0.2, 0) is 0 Å². The van der Waals surface area contributed by atoms with Crippen molar-refractivity contribution in [3.05, 3.63) is 38.8 Å².